The van der Waals surface area contributed by atoms with E-state index in [1.807, 2.05) is 31.2 Å². The maximum Gasteiger partial charge on any atom is 0.315 e. The number of carboxylic acids is 1. The Hall–Kier alpha value is -2.04. The van der Waals surface area contributed by atoms with Crippen LogP contribution in [-0.2, 0) is 11.3 Å². The number of carbonyl (C=O) groups is 2. The standard InChI is InChI=1S/C15H22N2O3/c1-11-5-7-13(8-6-11)10-17-15(20)16-9-3-4-12(2)14(18)19/h5-8,12H,3-4,9-10H2,1-2H3,(H,18,19)(H2,16,17,20). The van der Waals surface area contributed by atoms with Gasteiger partial charge in [0.05, 0.1) is 5.92 Å². The fraction of sp³-hybridized carbons (Fsp3) is 0.467. The van der Waals surface area contributed by atoms with Crippen molar-refractivity contribution >= 4 is 12.0 Å². The molecule has 0 aliphatic rings. The SMILES string of the molecule is Cc1ccc(CNC(=O)NCCCC(C)C(=O)O)cc1. The second-order valence-corrected chi connectivity index (χ2v) is 4.98. The molecule has 20 heavy (non-hydrogen) atoms. The van der Waals surface area contributed by atoms with Gasteiger partial charge in [0.15, 0.2) is 0 Å². The van der Waals surface area contributed by atoms with Crippen molar-refractivity contribution in [2.45, 2.75) is 33.2 Å². The summed E-state index contributed by atoms with van der Waals surface area (Å²) in [7, 11) is 0. The zero-order valence-electron chi connectivity index (χ0n) is 12.0. The molecule has 0 radical (unpaired) electrons. The van der Waals surface area contributed by atoms with Crippen LogP contribution in [0.5, 0.6) is 0 Å². The summed E-state index contributed by atoms with van der Waals surface area (Å²) in [6.07, 6.45) is 1.22. The molecule has 1 aromatic rings. The fourth-order valence-corrected chi connectivity index (χ4v) is 1.68. The second kappa shape index (κ2) is 8.19. The third-order valence-corrected chi connectivity index (χ3v) is 3.09. The third-order valence-electron chi connectivity index (χ3n) is 3.09. The first kappa shape index (κ1) is 16.0. The van der Waals surface area contributed by atoms with Gasteiger partial charge < -0.3 is 15.7 Å². The van der Waals surface area contributed by atoms with Crippen molar-refractivity contribution in [3.05, 3.63) is 35.4 Å². The van der Waals surface area contributed by atoms with Crippen molar-refractivity contribution < 1.29 is 14.7 Å². The van der Waals surface area contributed by atoms with Crippen molar-refractivity contribution in [1.82, 2.24) is 10.6 Å². The van der Waals surface area contributed by atoms with Gasteiger partial charge in [-0.1, -0.05) is 36.8 Å². The summed E-state index contributed by atoms with van der Waals surface area (Å²) in [5, 5.41) is 14.2. The van der Waals surface area contributed by atoms with Gasteiger partial charge in [-0.25, -0.2) is 4.79 Å². The summed E-state index contributed by atoms with van der Waals surface area (Å²) < 4.78 is 0. The molecule has 5 nitrogen and oxygen atoms in total. The van der Waals surface area contributed by atoms with Gasteiger partial charge in [0.25, 0.3) is 0 Å². The highest BCUT2D eigenvalue weighted by atomic mass is 16.4. The van der Waals surface area contributed by atoms with Crippen molar-refractivity contribution in [2.75, 3.05) is 6.54 Å². The minimum absolute atomic E-state index is 0.228. The number of aliphatic carboxylic acids is 1. The molecule has 0 bridgehead atoms. The van der Waals surface area contributed by atoms with Gasteiger partial charge in [-0.05, 0) is 25.3 Å². The molecule has 0 heterocycles. The number of hydrogen-bond donors (Lipinski definition) is 3. The number of aryl methyl sites for hydroxylation is 1. The zero-order valence-corrected chi connectivity index (χ0v) is 12.0. The molecule has 110 valence electrons. The number of benzene rings is 1. The molecular formula is C15H22N2O3. The minimum Gasteiger partial charge on any atom is -0.481 e. The zero-order chi connectivity index (χ0) is 15.0. The van der Waals surface area contributed by atoms with Gasteiger partial charge in [-0.15, -0.1) is 0 Å². The van der Waals surface area contributed by atoms with Crippen molar-refractivity contribution in [1.29, 1.82) is 0 Å². The molecule has 5 heteroatoms. The highest BCUT2D eigenvalue weighted by molar-refractivity contribution is 5.73. The Kier molecular flexibility index (Phi) is 6.56. The van der Waals surface area contributed by atoms with Gasteiger partial charge in [0, 0.05) is 13.1 Å². The van der Waals surface area contributed by atoms with Crippen LogP contribution in [0.25, 0.3) is 0 Å². The number of rotatable bonds is 7. The summed E-state index contributed by atoms with van der Waals surface area (Å²) in [6, 6.07) is 7.73. The lowest BCUT2D eigenvalue weighted by molar-refractivity contribution is -0.141. The largest absolute Gasteiger partial charge is 0.481 e. The Labute approximate surface area is 119 Å². The van der Waals surface area contributed by atoms with E-state index in [2.05, 4.69) is 10.6 Å². The molecule has 3 N–H and O–H groups in total. The Morgan fingerprint density at radius 1 is 1.20 bits per heavy atom. The number of carbonyl (C=O) groups excluding carboxylic acids is 1. The van der Waals surface area contributed by atoms with Crippen LogP contribution < -0.4 is 10.6 Å². The number of amides is 2. The number of nitrogens with one attached hydrogen (secondary N) is 2. The average Bonchev–Trinajstić information content (AvgIpc) is 2.42. The van der Waals surface area contributed by atoms with Crippen LogP contribution >= 0.6 is 0 Å². The van der Waals surface area contributed by atoms with Gasteiger partial charge in [0.1, 0.15) is 0 Å². The molecule has 1 aromatic carbocycles. The van der Waals surface area contributed by atoms with E-state index in [-0.39, 0.29) is 11.9 Å². The molecule has 0 aliphatic carbocycles. The number of urea groups is 1. The van der Waals surface area contributed by atoms with Gasteiger partial charge in [0.2, 0.25) is 0 Å². The van der Waals surface area contributed by atoms with E-state index in [0.29, 0.717) is 25.9 Å². The first-order chi connectivity index (χ1) is 9.49. The van der Waals surface area contributed by atoms with E-state index in [1.165, 1.54) is 5.56 Å². The average molecular weight is 278 g/mol. The van der Waals surface area contributed by atoms with Crippen LogP contribution in [0.1, 0.15) is 30.9 Å². The first-order valence-electron chi connectivity index (χ1n) is 6.79. The van der Waals surface area contributed by atoms with Gasteiger partial charge in [-0.3, -0.25) is 4.79 Å². The molecule has 1 unspecified atom stereocenters. The number of carboxylic acid groups (broad SMARTS) is 1. The van der Waals surface area contributed by atoms with Crippen LogP contribution in [0.4, 0.5) is 4.79 Å². The second-order valence-electron chi connectivity index (χ2n) is 4.98. The first-order valence-corrected chi connectivity index (χ1v) is 6.79. The van der Waals surface area contributed by atoms with Crippen molar-refractivity contribution in [3.8, 4) is 0 Å². The summed E-state index contributed by atoms with van der Waals surface area (Å²) in [5.74, 6) is -1.17. The molecule has 2 amide bonds. The number of hydrogen-bond acceptors (Lipinski definition) is 2. The highest BCUT2D eigenvalue weighted by Gasteiger charge is 2.09. The summed E-state index contributed by atoms with van der Waals surface area (Å²) >= 11 is 0. The Bertz CT molecular complexity index is 443. The van der Waals surface area contributed by atoms with Crippen LogP contribution in [0.3, 0.4) is 0 Å². The van der Waals surface area contributed by atoms with E-state index < -0.39 is 5.97 Å². The van der Waals surface area contributed by atoms with E-state index >= 15 is 0 Å². The van der Waals surface area contributed by atoms with Crippen molar-refractivity contribution in [2.24, 2.45) is 5.92 Å². The Morgan fingerprint density at radius 3 is 2.45 bits per heavy atom. The summed E-state index contributed by atoms with van der Waals surface area (Å²) in [6.45, 7) is 4.65. The van der Waals surface area contributed by atoms with E-state index in [0.717, 1.165) is 5.56 Å². The predicted molar refractivity (Wildman–Crippen MR) is 77.5 cm³/mol. The maximum absolute atomic E-state index is 11.5. The molecule has 1 rings (SSSR count). The predicted octanol–water partition coefficient (Wildman–Crippen LogP) is 2.30. The lowest BCUT2D eigenvalue weighted by Gasteiger charge is -2.09. The lowest BCUT2D eigenvalue weighted by Crippen LogP contribution is -2.35. The molecular weight excluding hydrogens is 256 g/mol. The topological polar surface area (TPSA) is 78.4 Å². The van der Waals surface area contributed by atoms with E-state index in [9.17, 15) is 9.59 Å². The smallest absolute Gasteiger partial charge is 0.315 e. The molecule has 1 atom stereocenters. The minimum atomic E-state index is -0.797. The van der Waals surface area contributed by atoms with Crippen LogP contribution in [0.2, 0.25) is 0 Å². The summed E-state index contributed by atoms with van der Waals surface area (Å²) in [4.78, 5) is 22.1. The van der Waals surface area contributed by atoms with E-state index in [1.54, 1.807) is 6.92 Å². The molecule has 0 spiro atoms. The summed E-state index contributed by atoms with van der Waals surface area (Å²) in [5.41, 5.74) is 2.23. The van der Waals surface area contributed by atoms with Crippen LogP contribution in [0, 0.1) is 12.8 Å². The van der Waals surface area contributed by atoms with Gasteiger partial charge >= 0.3 is 12.0 Å². The van der Waals surface area contributed by atoms with Crippen LogP contribution in [0.15, 0.2) is 24.3 Å². The fourth-order valence-electron chi connectivity index (χ4n) is 1.68. The van der Waals surface area contributed by atoms with Crippen molar-refractivity contribution in [3.63, 3.8) is 0 Å². The van der Waals surface area contributed by atoms with Crippen LogP contribution in [-0.4, -0.2) is 23.7 Å². The molecule has 0 saturated heterocycles. The monoisotopic (exact) mass is 278 g/mol. The lowest BCUT2D eigenvalue weighted by atomic mass is 10.1. The molecule has 0 saturated carbocycles. The Balaban J connectivity index is 2.14. The quantitative estimate of drug-likeness (QED) is 0.670. The highest BCUT2D eigenvalue weighted by Crippen LogP contribution is 2.04. The normalized spacial score (nSPS) is 11.7. The molecule has 0 aliphatic heterocycles. The van der Waals surface area contributed by atoms with E-state index in [4.69, 9.17) is 5.11 Å². The maximum atomic E-state index is 11.5. The van der Waals surface area contributed by atoms with Gasteiger partial charge in [-0.2, -0.15) is 0 Å². The third kappa shape index (κ3) is 6.22. The molecule has 0 fully saturated rings. The molecule has 0 aromatic heterocycles. The Morgan fingerprint density at radius 2 is 1.85 bits per heavy atom.